The van der Waals surface area contributed by atoms with Crippen LogP contribution >= 0.6 is 23.2 Å². The van der Waals surface area contributed by atoms with Gasteiger partial charge < -0.3 is 20.5 Å². The van der Waals surface area contributed by atoms with E-state index in [2.05, 4.69) is 15.6 Å². The maximum Gasteiger partial charge on any atom is 0.407 e. The number of ketones is 1. The normalized spacial score (nSPS) is 17.9. The first-order valence-corrected chi connectivity index (χ1v) is 13.0. The molecule has 0 bridgehead atoms. The maximum atomic E-state index is 12.5. The number of phenols is 1. The van der Waals surface area contributed by atoms with Gasteiger partial charge in [-0.15, -0.1) is 0 Å². The number of amides is 1. The van der Waals surface area contributed by atoms with Gasteiger partial charge in [0.25, 0.3) is 0 Å². The van der Waals surface area contributed by atoms with Gasteiger partial charge in [-0.25, -0.2) is 4.79 Å². The smallest absolute Gasteiger partial charge is 0.407 e. The summed E-state index contributed by atoms with van der Waals surface area (Å²) in [6, 6.07) is 9.21. The van der Waals surface area contributed by atoms with Gasteiger partial charge in [0.1, 0.15) is 5.60 Å². The van der Waals surface area contributed by atoms with E-state index in [-0.39, 0.29) is 33.7 Å². The number of carbonyl (C=O) groups is 2. The summed E-state index contributed by atoms with van der Waals surface area (Å²) < 4.78 is 5.38. The Kier molecular flexibility index (Phi) is 7.85. The Hall–Kier alpha value is -3.03. The summed E-state index contributed by atoms with van der Waals surface area (Å²) in [5.41, 5.74) is 3.02. The zero-order valence-electron chi connectivity index (χ0n) is 21.3. The molecule has 0 aliphatic heterocycles. The van der Waals surface area contributed by atoms with Crippen molar-refractivity contribution >= 4 is 51.7 Å². The fraction of sp³-hybridized carbons (Fsp3) is 0.393. The molecule has 1 saturated carbocycles. The quantitative estimate of drug-likeness (QED) is 0.290. The molecule has 1 heterocycles. The molecule has 1 amide bonds. The van der Waals surface area contributed by atoms with E-state index in [0.717, 1.165) is 53.4 Å². The molecule has 0 spiro atoms. The second-order valence-electron chi connectivity index (χ2n) is 10.5. The lowest BCUT2D eigenvalue weighted by molar-refractivity contribution is 0.0492. The molecule has 37 heavy (non-hydrogen) atoms. The SMILES string of the molecule is CC(=O)c1cnc2ccc(-c3cc(Cl)c(O)c(Cl)c3)cc2c1NC1CCC(NC(=O)OC(C)(C)C)CC1. The summed E-state index contributed by atoms with van der Waals surface area (Å²) in [4.78, 5) is 29.2. The number of pyridine rings is 1. The van der Waals surface area contributed by atoms with Crippen LogP contribution < -0.4 is 10.6 Å². The Bertz CT molecular complexity index is 1320. The minimum atomic E-state index is -0.538. The predicted molar refractivity (Wildman–Crippen MR) is 148 cm³/mol. The number of Topliss-reactive ketones (excluding diaryl/α,β-unsaturated/α-hetero) is 1. The van der Waals surface area contributed by atoms with Gasteiger partial charge in [-0.05, 0) is 88.8 Å². The summed E-state index contributed by atoms with van der Waals surface area (Å²) in [7, 11) is 0. The number of rotatable bonds is 5. The van der Waals surface area contributed by atoms with E-state index in [1.54, 1.807) is 18.3 Å². The van der Waals surface area contributed by atoms with E-state index in [1.165, 1.54) is 6.92 Å². The molecule has 1 fully saturated rings. The Labute approximate surface area is 226 Å². The minimum Gasteiger partial charge on any atom is -0.505 e. The van der Waals surface area contributed by atoms with Crippen molar-refractivity contribution in [1.82, 2.24) is 10.3 Å². The number of nitrogens with one attached hydrogen (secondary N) is 2. The number of nitrogens with zero attached hydrogens (tertiary/aromatic N) is 1. The Morgan fingerprint density at radius 2 is 1.62 bits per heavy atom. The van der Waals surface area contributed by atoms with Gasteiger partial charge in [-0.2, -0.15) is 0 Å². The summed E-state index contributed by atoms with van der Waals surface area (Å²) in [5, 5.41) is 17.6. The Balaban J connectivity index is 1.59. The van der Waals surface area contributed by atoms with E-state index in [0.29, 0.717) is 5.56 Å². The van der Waals surface area contributed by atoms with Gasteiger partial charge in [0.2, 0.25) is 0 Å². The zero-order valence-corrected chi connectivity index (χ0v) is 22.8. The van der Waals surface area contributed by atoms with Crippen molar-refractivity contribution in [2.75, 3.05) is 5.32 Å². The third-order valence-corrected chi connectivity index (χ3v) is 6.97. The second-order valence-corrected chi connectivity index (χ2v) is 11.3. The van der Waals surface area contributed by atoms with Crippen LogP contribution in [0.4, 0.5) is 10.5 Å². The van der Waals surface area contributed by atoms with Crippen molar-refractivity contribution in [1.29, 1.82) is 0 Å². The molecule has 1 aromatic heterocycles. The van der Waals surface area contributed by atoms with Crippen LogP contribution in [0.1, 0.15) is 63.7 Å². The second kappa shape index (κ2) is 10.8. The summed E-state index contributed by atoms with van der Waals surface area (Å²) >= 11 is 12.3. The van der Waals surface area contributed by atoms with Gasteiger partial charge >= 0.3 is 6.09 Å². The highest BCUT2D eigenvalue weighted by Gasteiger charge is 2.26. The number of phenolic OH excluding ortho intramolecular Hbond substituents is 1. The minimum absolute atomic E-state index is 0.0463. The number of carbonyl (C=O) groups excluding carboxylic acids is 2. The molecule has 1 aliphatic carbocycles. The summed E-state index contributed by atoms with van der Waals surface area (Å²) in [6.07, 6.45) is 4.45. The van der Waals surface area contributed by atoms with E-state index in [4.69, 9.17) is 27.9 Å². The first kappa shape index (κ1) is 27.0. The number of ether oxygens (including phenoxy) is 1. The lowest BCUT2D eigenvalue weighted by atomic mass is 9.90. The average molecular weight is 544 g/mol. The molecule has 0 radical (unpaired) electrons. The molecule has 9 heteroatoms. The van der Waals surface area contributed by atoms with E-state index < -0.39 is 11.7 Å². The van der Waals surface area contributed by atoms with Crippen LogP contribution in [0.5, 0.6) is 5.75 Å². The van der Waals surface area contributed by atoms with Crippen molar-refractivity contribution in [3.05, 3.63) is 52.1 Å². The number of hydrogen-bond donors (Lipinski definition) is 3. The molecule has 0 saturated heterocycles. The number of alkyl carbamates (subject to hydrolysis) is 1. The van der Waals surface area contributed by atoms with E-state index in [1.807, 2.05) is 39.0 Å². The van der Waals surface area contributed by atoms with Gasteiger partial charge in [0, 0.05) is 23.7 Å². The van der Waals surface area contributed by atoms with Crippen LogP contribution in [-0.2, 0) is 4.74 Å². The largest absolute Gasteiger partial charge is 0.505 e. The highest BCUT2D eigenvalue weighted by atomic mass is 35.5. The fourth-order valence-corrected chi connectivity index (χ4v) is 5.07. The lowest BCUT2D eigenvalue weighted by Crippen LogP contribution is -2.42. The third kappa shape index (κ3) is 6.46. The first-order chi connectivity index (χ1) is 17.4. The van der Waals surface area contributed by atoms with Crippen molar-refractivity contribution in [2.24, 2.45) is 0 Å². The molecule has 2 aromatic carbocycles. The Morgan fingerprint density at radius 3 is 2.22 bits per heavy atom. The molecule has 4 rings (SSSR count). The molecule has 1 aliphatic rings. The first-order valence-electron chi connectivity index (χ1n) is 12.3. The van der Waals surface area contributed by atoms with Gasteiger partial charge in [0.05, 0.1) is 26.8 Å². The fourth-order valence-electron chi connectivity index (χ4n) is 4.59. The molecule has 0 unspecified atom stereocenters. The highest BCUT2D eigenvalue weighted by Crippen LogP contribution is 2.38. The van der Waals surface area contributed by atoms with Crippen LogP contribution in [0.3, 0.4) is 0 Å². The number of hydrogen-bond acceptors (Lipinski definition) is 6. The zero-order chi connectivity index (χ0) is 26.9. The molecular weight excluding hydrogens is 513 g/mol. The van der Waals surface area contributed by atoms with Crippen molar-refractivity contribution < 1.29 is 19.4 Å². The third-order valence-electron chi connectivity index (χ3n) is 6.39. The molecule has 196 valence electrons. The van der Waals surface area contributed by atoms with Crippen LogP contribution in [0.2, 0.25) is 10.0 Å². The van der Waals surface area contributed by atoms with Crippen LogP contribution in [0.15, 0.2) is 36.5 Å². The number of aromatic nitrogens is 1. The number of fused-ring (bicyclic) bond motifs is 1. The number of aromatic hydroxyl groups is 1. The summed E-state index contributed by atoms with van der Waals surface area (Å²) in [5.74, 6) is -0.245. The maximum absolute atomic E-state index is 12.5. The average Bonchev–Trinajstić information content (AvgIpc) is 2.82. The van der Waals surface area contributed by atoms with Crippen molar-refractivity contribution in [3.63, 3.8) is 0 Å². The molecular formula is C28H31Cl2N3O4. The Morgan fingerprint density at radius 1 is 1.00 bits per heavy atom. The van der Waals surface area contributed by atoms with Gasteiger partial charge in [-0.1, -0.05) is 29.3 Å². The predicted octanol–water partition coefficient (Wildman–Crippen LogP) is 7.36. The van der Waals surface area contributed by atoms with Gasteiger partial charge in [0.15, 0.2) is 11.5 Å². The van der Waals surface area contributed by atoms with Crippen LogP contribution in [-0.4, -0.2) is 39.7 Å². The molecule has 0 atom stereocenters. The number of anilines is 1. The highest BCUT2D eigenvalue weighted by molar-refractivity contribution is 6.37. The molecule has 7 nitrogen and oxygen atoms in total. The van der Waals surface area contributed by atoms with Crippen molar-refractivity contribution in [3.8, 4) is 16.9 Å². The van der Waals surface area contributed by atoms with E-state index in [9.17, 15) is 14.7 Å². The van der Waals surface area contributed by atoms with E-state index >= 15 is 0 Å². The molecule has 3 N–H and O–H groups in total. The van der Waals surface area contributed by atoms with Crippen LogP contribution in [0, 0.1) is 0 Å². The standard InChI is InChI=1S/C28H31Cl2N3O4/c1-15(34)21-14-31-24-10-5-16(17-12-22(29)26(35)23(30)13-17)11-20(24)25(21)32-18-6-8-19(9-7-18)33-27(36)37-28(2,3)4/h5,10-14,18-19,35H,6-9H2,1-4H3,(H,31,32)(H,33,36). The summed E-state index contributed by atoms with van der Waals surface area (Å²) in [6.45, 7) is 7.05. The lowest BCUT2D eigenvalue weighted by Gasteiger charge is -2.31. The monoisotopic (exact) mass is 543 g/mol. The van der Waals surface area contributed by atoms with Crippen molar-refractivity contribution in [2.45, 2.75) is 71.1 Å². The number of halogens is 2. The topological polar surface area (TPSA) is 101 Å². The van der Waals surface area contributed by atoms with Crippen LogP contribution in [0.25, 0.3) is 22.0 Å². The van der Waals surface area contributed by atoms with Gasteiger partial charge in [-0.3, -0.25) is 9.78 Å². The molecule has 3 aromatic rings. The number of benzene rings is 2.